The molecule has 2 heterocycles. The van der Waals surface area contributed by atoms with Crippen LogP contribution in [0, 0.1) is 0 Å². The van der Waals surface area contributed by atoms with E-state index in [9.17, 15) is 5.11 Å². The summed E-state index contributed by atoms with van der Waals surface area (Å²) in [6.45, 7) is 4.48. The SMILES string of the molecule is CC(C)OC[C@H](O)Cn1cnc2c(N)ncnc21. The Balaban J connectivity index is 2.10. The van der Waals surface area contributed by atoms with Gasteiger partial charge in [-0.2, -0.15) is 0 Å². The van der Waals surface area contributed by atoms with Crippen molar-refractivity contribution in [2.45, 2.75) is 32.6 Å². The van der Waals surface area contributed by atoms with Gasteiger partial charge in [0.15, 0.2) is 11.5 Å². The van der Waals surface area contributed by atoms with E-state index in [1.165, 1.54) is 6.33 Å². The lowest BCUT2D eigenvalue weighted by Gasteiger charge is -2.14. The summed E-state index contributed by atoms with van der Waals surface area (Å²) >= 11 is 0. The van der Waals surface area contributed by atoms with Crippen molar-refractivity contribution in [3.63, 3.8) is 0 Å². The second-order valence-electron chi connectivity index (χ2n) is 4.36. The van der Waals surface area contributed by atoms with Gasteiger partial charge < -0.3 is 20.1 Å². The van der Waals surface area contributed by atoms with Gasteiger partial charge in [0, 0.05) is 0 Å². The Morgan fingerprint density at radius 1 is 1.39 bits per heavy atom. The van der Waals surface area contributed by atoms with Gasteiger partial charge in [0.05, 0.1) is 31.7 Å². The van der Waals surface area contributed by atoms with E-state index < -0.39 is 6.10 Å². The van der Waals surface area contributed by atoms with E-state index in [2.05, 4.69) is 15.0 Å². The number of fused-ring (bicyclic) bond motifs is 1. The molecule has 0 radical (unpaired) electrons. The highest BCUT2D eigenvalue weighted by molar-refractivity contribution is 5.81. The third-order valence-corrected chi connectivity index (χ3v) is 2.46. The fraction of sp³-hybridized carbons (Fsp3) is 0.545. The molecule has 1 atom stereocenters. The highest BCUT2D eigenvalue weighted by Crippen LogP contribution is 2.14. The van der Waals surface area contributed by atoms with Gasteiger partial charge in [0.25, 0.3) is 0 Å². The summed E-state index contributed by atoms with van der Waals surface area (Å²) < 4.78 is 7.08. The van der Waals surface area contributed by atoms with Crippen LogP contribution in [0.1, 0.15) is 13.8 Å². The summed E-state index contributed by atoms with van der Waals surface area (Å²) in [7, 11) is 0. The molecule has 2 aromatic rings. The molecule has 0 aliphatic carbocycles. The van der Waals surface area contributed by atoms with Crippen molar-refractivity contribution in [2.24, 2.45) is 0 Å². The van der Waals surface area contributed by atoms with Gasteiger partial charge in [-0.1, -0.05) is 0 Å². The topological polar surface area (TPSA) is 99.1 Å². The molecule has 2 rings (SSSR count). The minimum Gasteiger partial charge on any atom is -0.389 e. The van der Waals surface area contributed by atoms with E-state index in [0.717, 1.165) is 0 Å². The predicted molar refractivity (Wildman–Crippen MR) is 66.8 cm³/mol. The van der Waals surface area contributed by atoms with Crippen LogP contribution in [0.2, 0.25) is 0 Å². The molecule has 0 aromatic carbocycles. The Labute approximate surface area is 105 Å². The van der Waals surface area contributed by atoms with Gasteiger partial charge in [0.2, 0.25) is 0 Å². The zero-order valence-corrected chi connectivity index (χ0v) is 10.4. The lowest BCUT2D eigenvalue weighted by molar-refractivity contribution is -0.000343. The minimum absolute atomic E-state index is 0.0946. The number of aromatic nitrogens is 4. The normalized spacial score (nSPS) is 13.3. The molecule has 7 nitrogen and oxygen atoms in total. The maximum absolute atomic E-state index is 9.85. The van der Waals surface area contributed by atoms with Crippen LogP contribution < -0.4 is 5.73 Å². The van der Waals surface area contributed by atoms with Crippen LogP contribution in [0.3, 0.4) is 0 Å². The summed E-state index contributed by atoms with van der Waals surface area (Å²) in [6, 6.07) is 0. The molecule has 0 amide bonds. The van der Waals surface area contributed by atoms with Crippen LogP contribution in [-0.4, -0.2) is 43.4 Å². The van der Waals surface area contributed by atoms with Crippen LogP contribution in [0.15, 0.2) is 12.7 Å². The molecule has 0 aliphatic heterocycles. The average molecular weight is 251 g/mol. The first kappa shape index (κ1) is 12.7. The zero-order chi connectivity index (χ0) is 13.1. The second-order valence-corrected chi connectivity index (χ2v) is 4.36. The van der Waals surface area contributed by atoms with Crippen molar-refractivity contribution in [3.05, 3.63) is 12.7 Å². The molecule has 7 heteroatoms. The highest BCUT2D eigenvalue weighted by Gasteiger charge is 2.12. The number of aliphatic hydroxyl groups excluding tert-OH is 1. The number of rotatable bonds is 5. The first-order valence-corrected chi connectivity index (χ1v) is 5.79. The smallest absolute Gasteiger partial charge is 0.165 e. The van der Waals surface area contributed by atoms with Crippen molar-refractivity contribution in [1.82, 2.24) is 19.5 Å². The average Bonchev–Trinajstić information content (AvgIpc) is 2.72. The molecule has 0 unspecified atom stereocenters. The number of hydrogen-bond acceptors (Lipinski definition) is 6. The molecule has 0 spiro atoms. The Bertz CT molecular complexity index is 525. The fourth-order valence-corrected chi connectivity index (χ4v) is 1.62. The standard InChI is InChI=1S/C11H17N5O2/c1-7(2)18-4-8(17)3-16-6-15-9-10(12)13-5-14-11(9)16/h5-8,17H,3-4H2,1-2H3,(H2,12,13,14)/t8-/m1/s1. The number of nitrogens with two attached hydrogens (primary N) is 1. The van der Waals surface area contributed by atoms with E-state index in [1.54, 1.807) is 10.9 Å². The van der Waals surface area contributed by atoms with E-state index in [0.29, 0.717) is 23.5 Å². The van der Waals surface area contributed by atoms with Crippen molar-refractivity contribution < 1.29 is 9.84 Å². The Hall–Kier alpha value is -1.73. The summed E-state index contributed by atoms with van der Waals surface area (Å²) in [5.74, 6) is 0.340. The Morgan fingerprint density at radius 2 is 2.17 bits per heavy atom. The van der Waals surface area contributed by atoms with Crippen LogP contribution in [0.5, 0.6) is 0 Å². The van der Waals surface area contributed by atoms with Gasteiger partial charge in [-0.15, -0.1) is 0 Å². The molecule has 0 saturated carbocycles. The first-order valence-electron chi connectivity index (χ1n) is 5.79. The number of anilines is 1. The molecular weight excluding hydrogens is 234 g/mol. The molecule has 18 heavy (non-hydrogen) atoms. The molecule has 3 N–H and O–H groups in total. The quantitative estimate of drug-likeness (QED) is 0.787. The lowest BCUT2D eigenvalue weighted by atomic mass is 10.3. The summed E-state index contributed by atoms with van der Waals surface area (Å²) in [5.41, 5.74) is 6.85. The Morgan fingerprint density at radius 3 is 2.89 bits per heavy atom. The molecule has 0 bridgehead atoms. The van der Waals surface area contributed by atoms with E-state index in [-0.39, 0.29) is 12.7 Å². The number of nitrogen functional groups attached to an aromatic ring is 1. The molecule has 0 aliphatic rings. The Kier molecular flexibility index (Phi) is 3.73. The predicted octanol–water partition coefficient (Wildman–Crippen LogP) is 0.194. The number of aliphatic hydroxyl groups is 1. The highest BCUT2D eigenvalue weighted by atomic mass is 16.5. The van der Waals surface area contributed by atoms with Gasteiger partial charge in [-0.3, -0.25) is 0 Å². The number of ether oxygens (including phenoxy) is 1. The van der Waals surface area contributed by atoms with E-state index >= 15 is 0 Å². The van der Waals surface area contributed by atoms with Crippen LogP contribution in [0.25, 0.3) is 11.2 Å². The van der Waals surface area contributed by atoms with E-state index in [1.807, 2.05) is 13.8 Å². The third kappa shape index (κ3) is 2.74. The van der Waals surface area contributed by atoms with Crippen LogP contribution >= 0.6 is 0 Å². The summed E-state index contributed by atoms with van der Waals surface area (Å²) in [5, 5.41) is 9.85. The first-order chi connectivity index (χ1) is 8.58. The van der Waals surface area contributed by atoms with Gasteiger partial charge in [0.1, 0.15) is 11.8 Å². The van der Waals surface area contributed by atoms with Gasteiger partial charge in [-0.05, 0) is 13.8 Å². The largest absolute Gasteiger partial charge is 0.389 e. The van der Waals surface area contributed by atoms with Crippen molar-refractivity contribution in [2.75, 3.05) is 12.3 Å². The molecule has 2 aromatic heterocycles. The maximum atomic E-state index is 9.85. The van der Waals surface area contributed by atoms with Gasteiger partial charge in [-0.25, -0.2) is 15.0 Å². The molecule has 98 valence electrons. The number of imidazole rings is 1. The lowest BCUT2D eigenvalue weighted by Crippen LogP contribution is -2.23. The van der Waals surface area contributed by atoms with Crippen LogP contribution in [0.4, 0.5) is 5.82 Å². The van der Waals surface area contributed by atoms with Crippen molar-refractivity contribution >= 4 is 17.0 Å². The molecule has 0 saturated heterocycles. The monoisotopic (exact) mass is 251 g/mol. The number of hydrogen-bond donors (Lipinski definition) is 2. The molecule has 0 fully saturated rings. The fourth-order valence-electron chi connectivity index (χ4n) is 1.62. The number of nitrogens with zero attached hydrogens (tertiary/aromatic N) is 4. The van der Waals surface area contributed by atoms with Crippen LogP contribution in [-0.2, 0) is 11.3 Å². The molecular formula is C11H17N5O2. The second kappa shape index (κ2) is 5.28. The van der Waals surface area contributed by atoms with Gasteiger partial charge >= 0.3 is 0 Å². The summed E-state index contributed by atoms with van der Waals surface area (Å²) in [6.07, 6.45) is 2.46. The maximum Gasteiger partial charge on any atom is 0.165 e. The van der Waals surface area contributed by atoms with Crippen molar-refractivity contribution in [1.29, 1.82) is 0 Å². The zero-order valence-electron chi connectivity index (χ0n) is 10.4. The summed E-state index contributed by atoms with van der Waals surface area (Å²) in [4.78, 5) is 12.1. The minimum atomic E-state index is -0.610. The third-order valence-electron chi connectivity index (χ3n) is 2.46. The van der Waals surface area contributed by atoms with E-state index in [4.69, 9.17) is 10.5 Å². The van der Waals surface area contributed by atoms with Crippen molar-refractivity contribution in [3.8, 4) is 0 Å².